The van der Waals surface area contributed by atoms with Crippen LogP contribution >= 0.6 is 0 Å². The molecular formula is C22H44N2O4. The SMILES string of the molecule is C=CN1CCCC1=O.CC(C)(C)OOC(C)(C)C.CCC(C)N1CCCC1=O.[2HH]. The zero-order chi connectivity index (χ0) is 22.0. The van der Waals surface area contributed by atoms with Crippen molar-refractivity contribution in [2.24, 2.45) is 0 Å². The van der Waals surface area contributed by atoms with Crippen molar-refractivity contribution in [2.75, 3.05) is 13.1 Å². The third-order valence-corrected chi connectivity index (χ3v) is 4.10. The van der Waals surface area contributed by atoms with Gasteiger partial charge in [-0.15, -0.1) is 0 Å². The van der Waals surface area contributed by atoms with Gasteiger partial charge in [0.25, 0.3) is 0 Å². The third kappa shape index (κ3) is 12.1. The topological polar surface area (TPSA) is 59.1 Å². The van der Waals surface area contributed by atoms with Crippen LogP contribution in [0.25, 0.3) is 0 Å². The molecule has 0 bridgehead atoms. The fraction of sp³-hybridized carbons (Fsp3) is 0.818. The van der Waals surface area contributed by atoms with Crippen LogP contribution < -0.4 is 0 Å². The van der Waals surface area contributed by atoms with E-state index in [1.807, 2.05) is 46.4 Å². The summed E-state index contributed by atoms with van der Waals surface area (Å²) in [6.07, 6.45) is 6.19. The summed E-state index contributed by atoms with van der Waals surface area (Å²) in [5.41, 5.74) is -0.430. The maximum absolute atomic E-state index is 11.1. The standard InChI is InChI=1S/C8H15NO.C8H18O2.C6H9NO.H2/c1-3-7(2)9-6-4-5-8(9)10;1-7(2,3)9-10-8(4,5)6;1-2-7-5-3-4-6(7)8;/h7H,3-6H2,1-2H3;1-6H3;2H,1,3-5H2;1H/i;;;1+1. The maximum Gasteiger partial charge on any atom is 0.226 e. The number of hydrogen-bond donors (Lipinski definition) is 0. The Bertz CT molecular complexity index is 484. The summed E-state index contributed by atoms with van der Waals surface area (Å²) in [6.45, 7) is 21.3. The molecule has 0 aromatic rings. The molecule has 2 heterocycles. The molecule has 0 aliphatic carbocycles. The fourth-order valence-electron chi connectivity index (χ4n) is 2.47. The molecule has 2 rings (SSSR count). The molecule has 2 aliphatic heterocycles. The van der Waals surface area contributed by atoms with E-state index < -0.39 is 0 Å². The Morgan fingerprint density at radius 2 is 1.46 bits per heavy atom. The Hall–Kier alpha value is -1.40. The van der Waals surface area contributed by atoms with Gasteiger partial charge in [0.2, 0.25) is 11.8 Å². The van der Waals surface area contributed by atoms with E-state index in [1.165, 1.54) is 0 Å². The lowest BCUT2D eigenvalue weighted by Crippen LogP contribution is -2.33. The molecule has 2 amide bonds. The summed E-state index contributed by atoms with van der Waals surface area (Å²) in [4.78, 5) is 35.6. The number of likely N-dealkylation sites (tertiary alicyclic amines) is 2. The van der Waals surface area contributed by atoms with Crippen molar-refractivity contribution in [1.29, 1.82) is 0 Å². The smallest absolute Gasteiger partial charge is 0.226 e. The van der Waals surface area contributed by atoms with E-state index in [-0.39, 0.29) is 18.5 Å². The highest BCUT2D eigenvalue weighted by Crippen LogP contribution is 2.15. The second-order valence-electron chi connectivity index (χ2n) is 9.21. The van der Waals surface area contributed by atoms with Crippen LogP contribution in [0.2, 0.25) is 0 Å². The average molecular weight is 402 g/mol. The van der Waals surface area contributed by atoms with Crippen molar-refractivity contribution in [3.63, 3.8) is 0 Å². The molecular weight excluding hydrogens is 356 g/mol. The van der Waals surface area contributed by atoms with Crippen LogP contribution in [0, 0.1) is 0 Å². The summed E-state index contributed by atoms with van der Waals surface area (Å²) < 4.78 is 0. The molecule has 0 aromatic heterocycles. The Morgan fingerprint density at radius 1 is 1.00 bits per heavy atom. The average Bonchev–Trinajstić information content (AvgIpc) is 3.20. The predicted molar refractivity (Wildman–Crippen MR) is 116 cm³/mol. The molecule has 2 aliphatic rings. The first-order valence-corrected chi connectivity index (χ1v) is 10.4. The van der Waals surface area contributed by atoms with Gasteiger partial charge in [0.05, 0.1) is 11.2 Å². The van der Waals surface area contributed by atoms with E-state index in [0.717, 1.165) is 38.8 Å². The predicted octanol–water partition coefficient (Wildman–Crippen LogP) is 4.94. The van der Waals surface area contributed by atoms with Crippen LogP contribution in [0.3, 0.4) is 0 Å². The van der Waals surface area contributed by atoms with Gasteiger partial charge in [-0.25, -0.2) is 9.78 Å². The molecule has 0 aromatic carbocycles. The van der Waals surface area contributed by atoms with Crippen molar-refractivity contribution in [3.8, 4) is 0 Å². The van der Waals surface area contributed by atoms with Gasteiger partial charge in [-0.2, -0.15) is 0 Å². The summed E-state index contributed by atoms with van der Waals surface area (Å²) in [5.74, 6) is 0.550. The third-order valence-electron chi connectivity index (χ3n) is 4.10. The summed E-state index contributed by atoms with van der Waals surface area (Å²) in [5, 5.41) is 0. The lowest BCUT2D eigenvalue weighted by molar-refractivity contribution is -0.393. The first kappa shape index (κ1) is 26.6. The first-order chi connectivity index (χ1) is 12.8. The Kier molecular flexibility index (Phi) is 11.6. The van der Waals surface area contributed by atoms with Crippen molar-refractivity contribution in [2.45, 2.75) is 105 Å². The fourth-order valence-corrected chi connectivity index (χ4v) is 2.47. The van der Waals surface area contributed by atoms with Crippen LogP contribution in [0.4, 0.5) is 0 Å². The van der Waals surface area contributed by atoms with Gasteiger partial charge in [-0.05, 0) is 73.9 Å². The van der Waals surface area contributed by atoms with Crippen molar-refractivity contribution in [3.05, 3.63) is 12.8 Å². The number of nitrogens with zero attached hydrogens (tertiary/aromatic N) is 2. The maximum atomic E-state index is 11.1. The van der Waals surface area contributed by atoms with Crippen LogP contribution in [-0.2, 0) is 19.4 Å². The lowest BCUT2D eigenvalue weighted by atomic mass is 10.2. The highest BCUT2D eigenvalue weighted by Gasteiger charge is 2.23. The quantitative estimate of drug-likeness (QED) is 0.495. The number of carbonyl (C=O) groups excluding carboxylic acids is 2. The lowest BCUT2D eigenvalue weighted by Gasteiger charge is -2.24. The van der Waals surface area contributed by atoms with Gasteiger partial charge in [-0.1, -0.05) is 13.5 Å². The Morgan fingerprint density at radius 3 is 1.71 bits per heavy atom. The van der Waals surface area contributed by atoms with E-state index in [2.05, 4.69) is 20.4 Å². The van der Waals surface area contributed by atoms with Gasteiger partial charge in [0, 0.05) is 33.4 Å². The minimum atomic E-state index is -0.215. The number of rotatable bonds is 4. The molecule has 6 heteroatoms. The molecule has 0 radical (unpaired) electrons. The summed E-state index contributed by atoms with van der Waals surface area (Å²) in [6, 6.07) is 0.454. The van der Waals surface area contributed by atoms with E-state index in [9.17, 15) is 9.59 Å². The molecule has 2 fully saturated rings. The monoisotopic (exact) mass is 401 g/mol. The van der Waals surface area contributed by atoms with Gasteiger partial charge in [0.15, 0.2) is 0 Å². The largest absolute Gasteiger partial charge is 0.340 e. The van der Waals surface area contributed by atoms with E-state index in [4.69, 9.17) is 9.78 Å². The molecule has 166 valence electrons. The van der Waals surface area contributed by atoms with E-state index in [0.29, 0.717) is 18.4 Å². The van der Waals surface area contributed by atoms with Crippen molar-refractivity contribution < 1.29 is 20.8 Å². The van der Waals surface area contributed by atoms with Crippen LogP contribution in [-0.4, -0.2) is 51.9 Å². The van der Waals surface area contributed by atoms with Gasteiger partial charge >= 0.3 is 0 Å². The first-order valence-electron chi connectivity index (χ1n) is 10.4. The summed E-state index contributed by atoms with van der Waals surface area (Å²) in [7, 11) is 0. The van der Waals surface area contributed by atoms with Crippen molar-refractivity contribution in [1.82, 2.24) is 9.80 Å². The van der Waals surface area contributed by atoms with Gasteiger partial charge in [0.1, 0.15) is 0 Å². The summed E-state index contributed by atoms with van der Waals surface area (Å²) >= 11 is 0. The van der Waals surface area contributed by atoms with Crippen LogP contribution in [0.15, 0.2) is 12.8 Å². The number of carbonyl (C=O) groups is 2. The Labute approximate surface area is 173 Å². The van der Waals surface area contributed by atoms with E-state index in [1.54, 1.807) is 11.1 Å². The highest BCUT2D eigenvalue weighted by atomic mass is 17.2. The van der Waals surface area contributed by atoms with Crippen LogP contribution in [0.5, 0.6) is 0 Å². The second kappa shape index (κ2) is 12.2. The molecule has 6 nitrogen and oxygen atoms in total. The number of hydrogen-bond acceptors (Lipinski definition) is 4. The Balaban J connectivity index is 0. The molecule has 28 heavy (non-hydrogen) atoms. The van der Waals surface area contributed by atoms with Gasteiger partial charge in [-0.3, -0.25) is 9.59 Å². The normalized spacial score (nSPS) is 18.3. The molecule has 0 saturated carbocycles. The highest BCUT2D eigenvalue weighted by molar-refractivity contribution is 5.79. The van der Waals surface area contributed by atoms with E-state index >= 15 is 0 Å². The van der Waals surface area contributed by atoms with Gasteiger partial charge < -0.3 is 9.80 Å². The molecule has 2 saturated heterocycles. The zero-order valence-electron chi connectivity index (χ0n) is 19.3. The number of amides is 2. The zero-order valence-corrected chi connectivity index (χ0v) is 19.3. The molecule has 1 unspecified atom stereocenters. The van der Waals surface area contributed by atoms with Crippen LogP contribution in [0.1, 0.15) is 88.9 Å². The minimum absolute atomic E-state index is 0. The second-order valence-corrected chi connectivity index (χ2v) is 9.21. The molecule has 0 N–H and O–H groups in total. The molecule has 0 spiro atoms. The molecule has 1 atom stereocenters. The minimum Gasteiger partial charge on any atom is -0.340 e. The van der Waals surface area contributed by atoms with Crippen molar-refractivity contribution >= 4 is 11.8 Å².